The lowest BCUT2D eigenvalue weighted by Gasteiger charge is -2.03. The van der Waals surface area contributed by atoms with E-state index >= 15 is 0 Å². The summed E-state index contributed by atoms with van der Waals surface area (Å²) in [5.74, 6) is 0.523. The standard InChI is InChI=1S/C10H10N4O2/c1-2-13-10(11-7-12-13)8-5-3-4-6-9(8)14(15)16/h3-7H,2H2,1H3. The minimum Gasteiger partial charge on any atom is -0.258 e. The van der Waals surface area contributed by atoms with Crippen LogP contribution in [0, 0.1) is 10.1 Å². The fraction of sp³-hybridized carbons (Fsp3) is 0.200. The summed E-state index contributed by atoms with van der Waals surface area (Å²) in [5, 5.41) is 14.9. The van der Waals surface area contributed by atoms with E-state index in [0.29, 0.717) is 17.9 Å². The van der Waals surface area contributed by atoms with Gasteiger partial charge in [0.25, 0.3) is 5.69 Å². The lowest BCUT2D eigenvalue weighted by molar-refractivity contribution is -0.384. The maximum Gasteiger partial charge on any atom is 0.280 e. The number of rotatable bonds is 3. The molecule has 1 heterocycles. The molecule has 0 aliphatic rings. The average Bonchev–Trinajstić information content (AvgIpc) is 2.76. The van der Waals surface area contributed by atoms with E-state index in [1.165, 1.54) is 12.4 Å². The first-order chi connectivity index (χ1) is 7.74. The summed E-state index contributed by atoms with van der Waals surface area (Å²) in [6.07, 6.45) is 1.40. The number of benzene rings is 1. The van der Waals surface area contributed by atoms with Crippen molar-refractivity contribution in [3.05, 3.63) is 40.7 Å². The van der Waals surface area contributed by atoms with Crippen LogP contribution in [0.2, 0.25) is 0 Å². The Hall–Kier alpha value is -2.24. The molecule has 82 valence electrons. The van der Waals surface area contributed by atoms with Crippen molar-refractivity contribution in [2.45, 2.75) is 13.5 Å². The van der Waals surface area contributed by atoms with Crippen LogP contribution in [0.1, 0.15) is 6.92 Å². The molecule has 0 amide bonds. The smallest absolute Gasteiger partial charge is 0.258 e. The van der Waals surface area contributed by atoms with Crippen molar-refractivity contribution in [2.24, 2.45) is 0 Å². The van der Waals surface area contributed by atoms with Crippen LogP contribution < -0.4 is 0 Å². The molecule has 6 heteroatoms. The molecule has 0 fully saturated rings. The highest BCUT2D eigenvalue weighted by atomic mass is 16.6. The first-order valence-electron chi connectivity index (χ1n) is 4.85. The van der Waals surface area contributed by atoms with Crippen LogP contribution in [0.5, 0.6) is 0 Å². The summed E-state index contributed by atoms with van der Waals surface area (Å²) in [5.41, 5.74) is 0.539. The van der Waals surface area contributed by atoms with E-state index in [0.717, 1.165) is 0 Å². The molecule has 0 aliphatic carbocycles. The van der Waals surface area contributed by atoms with Gasteiger partial charge in [-0.2, -0.15) is 5.10 Å². The van der Waals surface area contributed by atoms with Gasteiger partial charge in [0, 0.05) is 12.6 Å². The van der Waals surface area contributed by atoms with Gasteiger partial charge in [-0.05, 0) is 13.0 Å². The zero-order valence-electron chi connectivity index (χ0n) is 8.70. The highest BCUT2D eigenvalue weighted by Crippen LogP contribution is 2.27. The van der Waals surface area contributed by atoms with Crippen molar-refractivity contribution in [3.8, 4) is 11.4 Å². The quantitative estimate of drug-likeness (QED) is 0.582. The van der Waals surface area contributed by atoms with Crippen molar-refractivity contribution in [1.29, 1.82) is 0 Å². The van der Waals surface area contributed by atoms with Crippen LogP contribution >= 0.6 is 0 Å². The number of aryl methyl sites for hydroxylation is 1. The largest absolute Gasteiger partial charge is 0.280 e. The molecule has 0 N–H and O–H groups in total. The third-order valence-corrected chi connectivity index (χ3v) is 2.26. The van der Waals surface area contributed by atoms with Gasteiger partial charge in [0.05, 0.1) is 10.5 Å². The number of nitro groups is 1. The first kappa shape index (κ1) is 10.3. The SMILES string of the molecule is CCn1ncnc1-c1ccccc1[N+](=O)[O-]. The van der Waals surface area contributed by atoms with Crippen LogP contribution in [0.4, 0.5) is 5.69 Å². The monoisotopic (exact) mass is 218 g/mol. The molecule has 0 unspecified atom stereocenters. The molecule has 0 bridgehead atoms. The average molecular weight is 218 g/mol. The van der Waals surface area contributed by atoms with Crippen molar-refractivity contribution in [2.75, 3.05) is 0 Å². The predicted octanol–water partition coefficient (Wildman–Crippen LogP) is 1.87. The number of aromatic nitrogens is 3. The number of hydrogen-bond acceptors (Lipinski definition) is 4. The minimum atomic E-state index is -0.413. The predicted molar refractivity (Wildman–Crippen MR) is 57.8 cm³/mol. The topological polar surface area (TPSA) is 73.8 Å². The highest BCUT2D eigenvalue weighted by Gasteiger charge is 2.17. The van der Waals surface area contributed by atoms with E-state index in [4.69, 9.17) is 0 Å². The Labute approximate surface area is 91.7 Å². The highest BCUT2D eigenvalue weighted by molar-refractivity contribution is 5.67. The summed E-state index contributed by atoms with van der Waals surface area (Å²) in [6.45, 7) is 2.54. The molecule has 0 spiro atoms. The van der Waals surface area contributed by atoms with E-state index in [1.807, 2.05) is 6.92 Å². The number of nitrogens with zero attached hydrogens (tertiary/aromatic N) is 4. The zero-order chi connectivity index (χ0) is 11.5. The summed E-state index contributed by atoms with van der Waals surface area (Å²) in [7, 11) is 0. The third kappa shape index (κ3) is 1.65. The molecule has 2 aromatic rings. The lowest BCUT2D eigenvalue weighted by Crippen LogP contribution is -2.01. The molecule has 2 rings (SSSR count). The molecular weight excluding hydrogens is 208 g/mol. The summed E-state index contributed by atoms with van der Waals surface area (Å²) < 4.78 is 1.63. The molecule has 16 heavy (non-hydrogen) atoms. The van der Waals surface area contributed by atoms with Crippen molar-refractivity contribution in [1.82, 2.24) is 14.8 Å². The maximum atomic E-state index is 10.9. The van der Waals surface area contributed by atoms with E-state index < -0.39 is 4.92 Å². The van der Waals surface area contributed by atoms with Gasteiger partial charge in [0.2, 0.25) is 0 Å². The van der Waals surface area contributed by atoms with E-state index in [9.17, 15) is 10.1 Å². The minimum absolute atomic E-state index is 0.0465. The third-order valence-electron chi connectivity index (χ3n) is 2.26. The van der Waals surface area contributed by atoms with E-state index in [2.05, 4.69) is 10.1 Å². The van der Waals surface area contributed by atoms with E-state index in [-0.39, 0.29) is 5.69 Å². The van der Waals surface area contributed by atoms with Gasteiger partial charge in [-0.15, -0.1) is 0 Å². The molecule has 0 saturated heterocycles. The van der Waals surface area contributed by atoms with Crippen LogP contribution in [0.15, 0.2) is 30.6 Å². The van der Waals surface area contributed by atoms with Gasteiger partial charge in [-0.25, -0.2) is 9.67 Å². The summed E-state index contributed by atoms with van der Waals surface area (Å²) in [4.78, 5) is 14.5. The van der Waals surface area contributed by atoms with Crippen LogP contribution in [-0.2, 0) is 6.54 Å². The number of para-hydroxylation sites is 1. The summed E-state index contributed by atoms with van der Waals surface area (Å²) >= 11 is 0. The molecule has 0 aliphatic heterocycles. The van der Waals surface area contributed by atoms with Crippen LogP contribution in [-0.4, -0.2) is 19.7 Å². The van der Waals surface area contributed by atoms with E-state index in [1.54, 1.807) is 22.9 Å². The Balaban J connectivity index is 2.60. The zero-order valence-corrected chi connectivity index (χ0v) is 8.70. The maximum absolute atomic E-state index is 10.9. The van der Waals surface area contributed by atoms with Gasteiger partial charge in [-0.1, -0.05) is 12.1 Å². The van der Waals surface area contributed by atoms with Crippen LogP contribution in [0.25, 0.3) is 11.4 Å². The van der Waals surface area contributed by atoms with Crippen molar-refractivity contribution in [3.63, 3.8) is 0 Å². The second kappa shape index (κ2) is 4.09. The fourth-order valence-electron chi connectivity index (χ4n) is 1.53. The fourth-order valence-corrected chi connectivity index (χ4v) is 1.53. The second-order valence-corrected chi connectivity index (χ2v) is 3.17. The number of hydrogen-bond donors (Lipinski definition) is 0. The Morgan fingerprint density at radius 3 is 2.88 bits per heavy atom. The Bertz CT molecular complexity index is 521. The van der Waals surface area contributed by atoms with Gasteiger partial charge in [0.15, 0.2) is 5.82 Å². The second-order valence-electron chi connectivity index (χ2n) is 3.17. The first-order valence-corrected chi connectivity index (χ1v) is 4.85. The van der Waals surface area contributed by atoms with Gasteiger partial charge >= 0.3 is 0 Å². The summed E-state index contributed by atoms with van der Waals surface area (Å²) in [6, 6.07) is 6.52. The van der Waals surface area contributed by atoms with Crippen molar-refractivity contribution >= 4 is 5.69 Å². The Morgan fingerprint density at radius 1 is 1.44 bits per heavy atom. The van der Waals surface area contributed by atoms with Gasteiger partial charge in [0.1, 0.15) is 6.33 Å². The lowest BCUT2D eigenvalue weighted by atomic mass is 10.1. The Kier molecular flexibility index (Phi) is 2.63. The van der Waals surface area contributed by atoms with Gasteiger partial charge < -0.3 is 0 Å². The molecule has 0 saturated carbocycles. The molecule has 1 aromatic heterocycles. The number of nitro benzene ring substituents is 1. The molecule has 0 atom stereocenters. The molecule has 6 nitrogen and oxygen atoms in total. The Morgan fingerprint density at radius 2 is 2.19 bits per heavy atom. The molecule has 1 aromatic carbocycles. The van der Waals surface area contributed by atoms with Crippen LogP contribution in [0.3, 0.4) is 0 Å². The van der Waals surface area contributed by atoms with Gasteiger partial charge in [-0.3, -0.25) is 10.1 Å². The molecule has 0 radical (unpaired) electrons. The van der Waals surface area contributed by atoms with Crippen molar-refractivity contribution < 1.29 is 4.92 Å². The molecular formula is C10H10N4O2. The normalized spacial score (nSPS) is 10.3.